The fraction of sp³-hybridized carbons (Fsp3) is 0.417. The highest BCUT2D eigenvalue weighted by molar-refractivity contribution is 7.17. The van der Waals surface area contributed by atoms with Gasteiger partial charge in [0.05, 0.1) is 30.9 Å². The van der Waals surface area contributed by atoms with Crippen molar-refractivity contribution in [3.8, 4) is 0 Å². The van der Waals surface area contributed by atoms with Gasteiger partial charge >= 0.3 is 12.2 Å². The minimum atomic E-state index is -1.33. The molecule has 39 heavy (non-hydrogen) atoms. The number of nitrogens with one attached hydrogen (secondary N) is 3. The van der Waals surface area contributed by atoms with Crippen molar-refractivity contribution in [1.82, 2.24) is 20.5 Å². The van der Waals surface area contributed by atoms with E-state index in [1.54, 1.807) is 12.1 Å². The number of aryl methyl sites for hydroxylation is 2. The molecule has 3 rings (SSSR count). The number of anilines is 1. The Balaban J connectivity index is 0.00000124. The summed E-state index contributed by atoms with van der Waals surface area (Å²) in [6.07, 6.45) is 0.606. The molecule has 0 radical (unpaired) electrons. The highest BCUT2D eigenvalue weighted by Crippen LogP contribution is 2.25. The number of nitrogens with two attached hydrogens (primary N) is 1. The highest BCUT2D eigenvalue weighted by Gasteiger charge is 2.19. The summed E-state index contributed by atoms with van der Waals surface area (Å²) in [7, 11) is 0. The molecular weight excluding hydrogens is 530 g/mol. The largest absolute Gasteiger partial charge is 0.465 e. The van der Waals surface area contributed by atoms with Crippen molar-refractivity contribution in [1.29, 1.82) is 0 Å². The van der Waals surface area contributed by atoms with Crippen LogP contribution >= 0.6 is 11.3 Å². The number of ether oxygens (including phenoxy) is 1. The van der Waals surface area contributed by atoms with Gasteiger partial charge in [0.2, 0.25) is 5.91 Å². The van der Waals surface area contributed by atoms with E-state index in [-0.39, 0.29) is 11.8 Å². The summed E-state index contributed by atoms with van der Waals surface area (Å²) >= 11 is 1.17. The fourth-order valence-corrected chi connectivity index (χ4v) is 4.46. The molecule has 1 aliphatic heterocycles. The third kappa shape index (κ3) is 12.8. The zero-order valence-corrected chi connectivity index (χ0v) is 22.3. The van der Waals surface area contributed by atoms with Gasteiger partial charge in [0.1, 0.15) is 4.88 Å². The van der Waals surface area contributed by atoms with Crippen molar-refractivity contribution in [3.63, 3.8) is 0 Å². The van der Waals surface area contributed by atoms with Crippen LogP contribution in [0.4, 0.5) is 20.4 Å². The van der Waals surface area contributed by atoms with Crippen LogP contribution in [0.5, 0.6) is 0 Å². The van der Waals surface area contributed by atoms with E-state index in [9.17, 15) is 14.4 Å². The van der Waals surface area contributed by atoms with Gasteiger partial charge in [0.25, 0.3) is 5.91 Å². The summed E-state index contributed by atoms with van der Waals surface area (Å²) in [5.74, 6) is -0.428. The molecule has 1 aromatic carbocycles. The highest BCUT2D eigenvalue weighted by atomic mass is 32.1. The summed E-state index contributed by atoms with van der Waals surface area (Å²) in [5, 5.41) is 23.9. The van der Waals surface area contributed by atoms with Crippen LogP contribution in [0.25, 0.3) is 0 Å². The first-order valence-electron chi connectivity index (χ1n) is 12.1. The number of carbonyl (C=O) groups excluding carboxylic acids is 2. The maximum absolute atomic E-state index is 12.9. The Morgan fingerprint density at radius 1 is 1.15 bits per heavy atom. The zero-order chi connectivity index (χ0) is 28.6. The molecule has 1 fully saturated rings. The van der Waals surface area contributed by atoms with Crippen LogP contribution in [0.15, 0.2) is 29.3 Å². The van der Waals surface area contributed by atoms with E-state index in [0.29, 0.717) is 40.8 Å². The molecule has 212 valence electrons. The lowest BCUT2D eigenvalue weighted by Gasteiger charge is -2.26. The molecule has 7 N–H and O–H groups in total. The minimum Gasteiger partial charge on any atom is -0.465 e. The SMILES string of the molecule is CC(=O)Nc1nc(CCc2ccc(N=CNC(=O)O)cc2)c(C(=O)NCCCN2CCOCC2)s1.NC(=O)O. The molecule has 2 aromatic rings. The van der Waals surface area contributed by atoms with Crippen LogP contribution in [0.3, 0.4) is 0 Å². The van der Waals surface area contributed by atoms with Crippen molar-refractivity contribution < 1.29 is 34.1 Å². The number of aliphatic imine (C=N–C) groups is 1. The van der Waals surface area contributed by atoms with Gasteiger partial charge in [-0.05, 0) is 43.5 Å². The van der Waals surface area contributed by atoms with Crippen molar-refractivity contribution in [2.75, 3.05) is 44.7 Å². The molecule has 1 aromatic heterocycles. The number of thiazole rings is 1. The molecule has 0 aliphatic carbocycles. The van der Waals surface area contributed by atoms with Gasteiger partial charge in [-0.15, -0.1) is 0 Å². The zero-order valence-electron chi connectivity index (χ0n) is 21.5. The van der Waals surface area contributed by atoms with Crippen LogP contribution < -0.4 is 21.7 Å². The van der Waals surface area contributed by atoms with E-state index in [1.807, 2.05) is 12.1 Å². The molecule has 1 saturated heterocycles. The second-order valence-electron chi connectivity index (χ2n) is 8.25. The number of benzene rings is 1. The summed E-state index contributed by atoms with van der Waals surface area (Å²) in [4.78, 5) is 54.9. The molecule has 0 spiro atoms. The van der Waals surface area contributed by atoms with E-state index in [4.69, 9.17) is 19.7 Å². The number of carbonyl (C=O) groups is 4. The molecule has 1 aliphatic rings. The molecular formula is C24H33N7O7S. The lowest BCUT2D eigenvalue weighted by atomic mass is 10.1. The van der Waals surface area contributed by atoms with E-state index < -0.39 is 12.2 Å². The van der Waals surface area contributed by atoms with Gasteiger partial charge in [-0.1, -0.05) is 23.5 Å². The number of nitrogens with zero attached hydrogens (tertiary/aromatic N) is 3. The van der Waals surface area contributed by atoms with Crippen LogP contribution in [0.1, 0.15) is 34.3 Å². The Morgan fingerprint density at radius 2 is 1.82 bits per heavy atom. The number of primary amides is 1. The van der Waals surface area contributed by atoms with E-state index in [0.717, 1.165) is 51.2 Å². The van der Waals surface area contributed by atoms with Crippen LogP contribution in [-0.4, -0.2) is 89.8 Å². The first kappa shape index (κ1) is 31.1. The molecule has 0 saturated carbocycles. The molecule has 15 heteroatoms. The average molecular weight is 564 g/mol. The van der Waals surface area contributed by atoms with Crippen molar-refractivity contribution in [2.45, 2.75) is 26.2 Å². The van der Waals surface area contributed by atoms with Gasteiger partial charge in [0, 0.05) is 26.6 Å². The third-order valence-corrected chi connectivity index (χ3v) is 6.23. The van der Waals surface area contributed by atoms with Gasteiger partial charge < -0.3 is 31.3 Å². The Morgan fingerprint density at radius 3 is 2.44 bits per heavy atom. The van der Waals surface area contributed by atoms with Crippen LogP contribution in [-0.2, 0) is 22.4 Å². The number of hydrogen-bond donors (Lipinski definition) is 6. The lowest BCUT2D eigenvalue weighted by molar-refractivity contribution is -0.114. The summed E-state index contributed by atoms with van der Waals surface area (Å²) in [6, 6.07) is 7.34. The average Bonchev–Trinajstić information content (AvgIpc) is 3.28. The smallest absolute Gasteiger partial charge is 0.409 e. The van der Waals surface area contributed by atoms with E-state index in [2.05, 4.69) is 36.6 Å². The fourth-order valence-electron chi connectivity index (χ4n) is 3.49. The molecule has 0 atom stereocenters. The summed E-state index contributed by atoms with van der Waals surface area (Å²) in [5.41, 5.74) is 6.29. The molecule has 0 unspecified atom stereocenters. The quantitative estimate of drug-likeness (QED) is 0.134. The predicted octanol–water partition coefficient (Wildman–Crippen LogP) is 1.89. The molecule has 14 nitrogen and oxygen atoms in total. The first-order valence-corrected chi connectivity index (χ1v) is 12.9. The number of hydrogen-bond acceptors (Lipinski definition) is 9. The molecule has 0 bridgehead atoms. The number of morpholine rings is 1. The second-order valence-corrected chi connectivity index (χ2v) is 9.25. The number of aromatic nitrogens is 1. The maximum Gasteiger partial charge on any atom is 0.409 e. The maximum atomic E-state index is 12.9. The Hall–Kier alpha value is -4.08. The molecule has 4 amide bonds. The van der Waals surface area contributed by atoms with Crippen LogP contribution in [0.2, 0.25) is 0 Å². The number of amides is 4. The Labute approximate surface area is 229 Å². The summed E-state index contributed by atoms with van der Waals surface area (Å²) in [6.45, 7) is 6.20. The van der Waals surface area contributed by atoms with Crippen LogP contribution in [0, 0.1) is 0 Å². The van der Waals surface area contributed by atoms with Gasteiger partial charge in [0.15, 0.2) is 5.13 Å². The second kappa shape index (κ2) is 16.7. The van der Waals surface area contributed by atoms with Crippen molar-refractivity contribution in [3.05, 3.63) is 40.4 Å². The number of rotatable bonds is 11. The van der Waals surface area contributed by atoms with Gasteiger partial charge in [-0.25, -0.2) is 19.6 Å². The van der Waals surface area contributed by atoms with E-state index in [1.165, 1.54) is 18.3 Å². The predicted molar refractivity (Wildman–Crippen MR) is 146 cm³/mol. The standard InChI is InChI=1S/C23H30N6O5S.CH3NO2/c1-16(30)27-22-28-19(8-5-17-3-6-18(7-4-17)25-15-26-23(32)33)20(35-22)21(31)24-9-2-10-29-11-13-34-14-12-29;2-1(3)4/h3-4,6-7,15H,2,5,8-14H2,1H3,(H,24,31)(H,25,26)(H,32,33)(H,27,28,30);2H2,(H,3,4). The normalized spacial score (nSPS) is 13.3. The monoisotopic (exact) mass is 563 g/mol. The topological polar surface area (TPSA) is 209 Å². The summed E-state index contributed by atoms with van der Waals surface area (Å²) < 4.78 is 5.35. The number of carboxylic acid groups (broad SMARTS) is 2. The van der Waals surface area contributed by atoms with Gasteiger partial charge in [-0.3, -0.25) is 19.8 Å². The lowest BCUT2D eigenvalue weighted by Crippen LogP contribution is -2.38. The van der Waals surface area contributed by atoms with Gasteiger partial charge in [-0.2, -0.15) is 0 Å². The minimum absolute atomic E-state index is 0.188. The molecule has 2 heterocycles. The Bertz CT molecular complexity index is 1130. The third-order valence-electron chi connectivity index (χ3n) is 5.22. The van der Waals surface area contributed by atoms with Crippen molar-refractivity contribution >= 4 is 52.5 Å². The van der Waals surface area contributed by atoms with E-state index >= 15 is 0 Å². The first-order chi connectivity index (χ1) is 18.6. The Kier molecular flexibility index (Phi) is 13.3. The van der Waals surface area contributed by atoms with Crippen molar-refractivity contribution in [2.24, 2.45) is 10.7 Å².